The summed E-state index contributed by atoms with van der Waals surface area (Å²) in [6.45, 7) is 1.83. The third-order valence-electron chi connectivity index (χ3n) is 3.51. The number of hydrogen-bond acceptors (Lipinski definition) is 1. The molecule has 4 nitrogen and oxygen atoms in total. The first-order valence-corrected chi connectivity index (χ1v) is 6.94. The number of nitrogens with one attached hydrogen (secondary N) is 2. The van der Waals surface area contributed by atoms with Crippen molar-refractivity contribution in [3.05, 3.63) is 47.5 Å². The van der Waals surface area contributed by atoms with Gasteiger partial charge in [-0.05, 0) is 38.0 Å². The van der Waals surface area contributed by atoms with Gasteiger partial charge < -0.3 is 14.9 Å². The smallest absolute Gasteiger partial charge is 0.357 e. The number of rotatable bonds is 5. The third kappa shape index (κ3) is 3.93. The van der Waals surface area contributed by atoms with Gasteiger partial charge in [0.25, 0.3) is 5.91 Å². The molecule has 0 aromatic carbocycles. The van der Waals surface area contributed by atoms with Gasteiger partial charge in [0.05, 0.1) is 5.56 Å². The molecule has 7 heteroatoms. The number of carbonyl (C=O) groups excluding carboxylic acids is 1. The van der Waals surface area contributed by atoms with Crippen LogP contribution in [0, 0.1) is 0 Å². The van der Waals surface area contributed by atoms with Gasteiger partial charge in [-0.25, -0.2) is 0 Å². The number of hydrogen-bond donors (Lipinski definition) is 2. The molecule has 1 atom stereocenters. The molecule has 1 unspecified atom stereocenters. The van der Waals surface area contributed by atoms with Gasteiger partial charge in [0.2, 0.25) is 0 Å². The number of alkyl halides is 3. The second-order valence-corrected chi connectivity index (χ2v) is 5.32. The SMILES string of the molecule is CC(CCc1cccn1C)NC(=O)c1c[nH]c(C(F)(F)F)c1. The highest BCUT2D eigenvalue weighted by Gasteiger charge is 2.32. The molecular formula is C15H18F3N3O. The van der Waals surface area contributed by atoms with E-state index in [1.807, 2.05) is 36.9 Å². The van der Waals surface area contributed by atoms with Crippen LogP contribution in [0.4, 0.5) is 13.2 Å². The Bertz CT molecular complexity index is 642. The average Bonchev–Trinajstić information content (AvgIpc) is 3.04. The molecule has 2 aromatic heterocycles. The van der Waals surface area contributed by atoms with E-state index in [2.05, 4.69) is 10.3 Å². The monoisotopic (exact) mass is 313 g/mol. The molecule has 2 aromatic rings. The van der Waals surface area contributed by atoms with Crippen LogP contribution in [0.5, 0.6) is 0 Å². The molecule has 0 spiro atoms. The highest BCUT2D eigenvalue weighted by molar-refractivity contribution is 5.94. The van der Waals surface area contributed by atoms with E-state index in [-0.39, 0.29) is 11.6 Å². The van der Waals surface area contributed by atoms with Gasteiger partial charge in [0.1, 0.15) is 5.69 Å². The van der Waals surface area contributed by atoms with Crippen molar-refractivity contribution in [3.63, 3.8) is 0 Å². The number of carbonyl (C=O) groups is 1. The molecule has 0 aliphatic rings. The topological polar surface area (TPSA) is 49.8 Å². The van der Waals surface area contributed by atoms with Gasteiger partial charge in [-0.2, -0.15) is 13.2 Å². The van der Waals surface area contributed by atoms with Crippen LogP contribution in [-0.4, -0.2) is 21.5 Å². The fourth-order valence-corrected chi connectivity index (χ4v) is 2.19. The van der Waals surface area contributed by atoms with Gasteiger partial charge >= 0.3 is 6.18 Å². The fraction of sp³-hybridized carbons (Fsp3) is 0.400. The molecule has 0 radical (unpaired) electrons. The van der Waals surface area contributed by atoms with E-state index in [0.717, 1.165) is 24.4 Å². The Morgan fingerprint density at radius 3 is 2.73 bits per heavy atom. The molecule has 0 saturated carbocycles. The Balaban J connectivity index is 1.88. The molecule has 2 heterocycles. The lowest BCUT2D eigenvalue weighted by molar-refractivity contribution is -0.140. The maximum Gasteiger partial charge on any atom is 0.431 e. The van der Waals surface area contributed by atoms with Crippen molar-refractivity contribution in [3.8, 4) is 0 Å². The zero-order chi connectivity index (χ0) is 16.3. The number of aromatic nitrogens is 2. The molecule has 0 aliphatic heterocycles. The molecule has 0 saturated heterocycles. The van der Waals surface area contributed by atoms with Gasteiger partial charge in [0, 0.05) is 31.2 Å². The minimum Gasteiger partial charge on any atom is -0.357 e. The van der Waals surface area contributed by atoms with Crippen molar-refractivity contribution in [1.82, 2.24) is 14.9 Å². The molecule has 0 aliphatic carbocycles. The van der Waals surface area contributed by atoms with E-state index < -0.39 is 17.8 Å². The van der Waals surface area contributed by atoms with Crippen molar-refractivity contribution in [2.45, 2.75) is 32.0 Å². The number of nitrogens with zero attached hydrogens (tertiary/aromatic N) is 1. The lowest BCUT2D eigenvalue weighted by Crippen LogP contribution is -2.32. The summed E-state index contributed by atoms with van der Waals surface area (Å²) in [6, 6.07) is 4.62. The second-order valence-electron chi connectivity index (χ2n) is 5.32. The van der Waals surface area contributed by atoms with Crippen LogP contribution in [0.25, 0.3) is 0 Å². The second kappa shape index (κ2) is 6.29. The standard InChI is InChI=1S/C15H18F3N3O/c1-10(5-6-12-4-3-7-21(12)2)20-14(22)11-8-13(19-9-11)15(16,17)18/h3-4,7-10,19H,5-6H2,1-2H3,(H,20,22). The van der Waals surface area contributed by atoms with E-state index in [1.165, 1.54) is 0 Å². The Hall–Kier alpha value is -2.18. The van der Waals surface area contributed by atoms with Crippen molar-refractivity contribution < 1.29 is 18.0 Å². The largest absolute Gasteiger partial charge is 0.431 e. The molecular weight excluding hydrogens is 295 g/mol. The number of amides is 1. The van der Waals surface area contributed by atoms with E-state index >= 15 is 0 Å². The van der Waals surface area contributed by atoms with E-state index in [0.29, 0.717) is 6.42 Å². The van der Waals surface area contributed by atoms with Crippen molar-refractivity contribution in [2.24, 2.45) is 7.05 Å². The van der Waals surface area contributed by atoms with E-state index in [9.17, 15) is 18.0 Å². The van der Waals surface area contributed by atoms with Gasteiger partial charge in [-0.1, -0.05) is 0 Å². The number of H-pyrrole nitrogens is 1. The third-order valence-corrected chi connectivity index (χ3v) is 3.51. The summed E-state index contributed by atoms with van der Waals surface area (Å²) in [5.74, 6) is -0.508. The maximum atomic E-state index is 12.5. The summed E-state index contributed by atoms with van der Waals surface area (Å²) in [6.07, 6.45) is 0.0296. The Morgan fingerprint density at radius 1 is 1.45 bits per heavy atom. The summed E-state index contributed by atoms with van der Waals surface area (Å²) >= 11 is 0. The normalized spacial score (nSPS) is 13.1. The van der Waals surface area contributed by atoms with Crippen molar-refractivity contribution >= 4 is 5.91 Å². The van der Waals surface area contributed by atoms with Crippen LogP contribution in [0.1, 0.15) is 35.1 Å². The van der Waals surface area contributed by atoms with Gasteiger partial charge in [-0.3, -0.25) is 4.79 Å². The minimum atomic E-state index is -4.48. The van der Waals surface area contributed by atoms with Crippen LogP contribution in [0.3, 0.4) is 0 Å². The number of halogens is 3. The summed E-state index contributed by atoms with van der Waals surface area (Å²) < 4.78 is 39.4. The zero-order valence-electron chi connectivity index (χ0n) is 12.4. The highest BCUT2D eigenvalue weighted by Crippen LogP contribution is 2.28. The molecule has 0 fully saturated rings. The molecule has 120 valence electrons. The minimum absolute atomic E-state index is 0.0157. The van der Waals surface area contributed by atoms with Crippen LogP contribution >= 0.6 is 0 Å². The van der Waals surface area contributed by atoms with Crippen LogP contribution in [0.15, 0.2) is 30.6 Å². The average molecular weight is 313 g/mol. The van der Waals surface area contributed by atoms with E-state index in [1.54, 1.807) is 0 Å². The Labute approximate surface area is 126 Å². The van der Waals surface area contributed by atoms with Crippen molar-refractivity contribution in [2.75, 3.05) is 0 Å². The first-order chi connectivity index (χ1) is 10.3. The predicted octanol–water partition coefficient (Wildman–Crippen LogP) is 3.12. The van der Waals surface area contributed by atoms with Crippen LogP contribution in [-0.2, 0) is 19.6 Å². The maximum absolute atomic E-state index is 12.5. The lowest BCUT2D eigenvalue weighted by Gasteiger charge is -2.13. The summed E-state index contributed by atoms with van der Waals surface area (Å²) in [5.41, 5.74) is 0.203. The van der Waals surface area contributed by atoms with E-state index in [4.69, 9.17) is 0 Å². The lowest BCUT2D eigenvalue weighted by atomic mass is 10.1. The van der Waals surface area contributed by atoms with Gasteiger partial charge in [0.15, 0.2) is 0 Å². The summed E-state index contributed by atoms with van der Waals surface area (Å²) in [5, 5.41) is 2.71. The van der Waals surface area contributed by atoms with Gasteiger partial charge in [-0.15, -0.1) is 0 Å². The molecule has 0 bridgehead atoms. The summed E-state index contributed by atoms with van der Waals surface area (Å²) in [4.78, 5) is 14.0. The predicted molar refractivity (Wildman–Crippen MR) is 76.5 cm³/mol. The summed E-state index contributed by atoms with van der Waals surface area (Å²) in [7, 11) is 1.94. The quantitative estimate of drug-likeness (QED) is 0.875. The molecule has 2 rings (SSSR count). The van der Waals surface area contributed by atoms with Crippen LogP contribution < -0.4 is 5.32 Å². The first-order valence-electron chi connectivity index (χ1n) is 6.94. The zero-order valence-corrected chi connectivity index (χ0v) is 12.4. The first kappa shape index (κ1) is 16.2. The Kier molecular flexibility index (Phi) is 4.63. The molecule has 1 amide bonds. The van der Waals surface area contributed by atoms with Crippen molar-refractivity contribution in [1.29, 1.82) is 0 Å². The Morgan fingerprint density at radius 2 is 2.18 bits per heavy atom. The molecule has 22 heavy (non-hydrogen) atoms. The number of aryl methyl sites for hydroxylation is 2. The van der Waals surface area contributed by atoms with Crippen LogP contribution in [0.2, 0.25) is 0 Å². The number of aromatic amines is 1. The highest BCUT2D eigenvalue weighted by atomic mass is 19.4. The fourth-order valence-electron chi connectivity index (χ4n) is 2.19. The molecule has 2 N–H and O–H groups in total.